The molecule has 0 bridgehead atoms. The molecule has 0 nitrogen and oxygen atoms in total. The molecule has 0 atom stereocenters. The van der Waals surface area contributed by atoms with E-state index in [1.54, 1.807) is 11.6 Å². The van der Waals surface area contributed by atoms with Crippen LogP contribution in [0.3, 0.4) is 0 Å². The van der Waals surface area contributed by atoms with E-state index in [1.165, 1.54) is 16.6 Å². The maximum Gasteiger partial charge on any atom is 0.229 e. The average Bonchev–Trinajstić information content (AvgIpc) is 1.98. The summed E-state index contributed by atoms with van der Waals surface area (Å²) in [6.07, 6.45) is 2.09. The Bertz CT molecular complexity index is 245. The van der Waals surface area contributed by atoms with E-state index in [2.05, 4.69) is 44.9 Å². The minimum absolute atomic E-state index is 1.33. The zero-order chi connectivity index (χ0) is 8.27. The lowest BCUT2D eigenvalue weighted by Crippen LogP contribution is -2.14. The Kier molecular flexibility index (Phi) is 3.07. The Hall–Kier alpha value is -0.365. The summed E-state index contributed by atoms with van der Waals surface area (Å²) in [7, 11) is 0. The van der Waals surface area contributed by atoms with Crippen LogP contribution in [-0.2, 0) is 0 Å². The van der Waals surface area contributed by atoms with E-state index in [0.29, 0.717) is 0 Å². The first-order valence-corrected chi connectivity index (χ1v) is 4.96. The minimum Gasteiger partial charge on any atom is -0.215 e. The standard InChI is InChI=1S/C9H12BS/c1-7-4-5-8(2)9(6-7)10-11-3/h4-6H,1-3H3. The molecule has 1 aromatic rings. The van der Waals surface area contributed by atoms with Gasteiger partial charge >= 0.3 is 0 Å². The second kappa shape index (κ2) is 3.86. The molecule has 0 saturated heterocycles. The fraction of sp³-hybridized carbons (Fsp3) is 0.333. The van der Waals surface area contributed by atoms with Crippen LogP contribution in [0.2, 0.25) is 0 Å². The Morgan fingerprint density at radius 2 is 2.00 bits per heavy atom. The number of hydrogen-bond acceptors (Lipinski definition) is 1. The van der Waals surface area contributed by atoms with Crippen LogP contribution in [-0.4, -0.2) is 12.8 Å². The Morgan fingerprint density at radius 3 is 2.64 bits per heavy atom. The van der Waals surface area contributed by atoms with Gasteiger partial charge in [0.25, 0.3) is 0 Å². The zero-order valence-electron chi connectivity index (χ0n) is 7.22. The van der Waals surface area contributed by atoms with Gasteiger partial charge in [0.15, 0.2) is 0 Å². The molecule has 0 amide bonds. The van der Waals surface area contributed by atoms with E-state index >= 15 is 0 Å². The maximum atomic E-state index is 2.21. The lowest BCUT2D eigenvalue weighted by atomic mass is 9.88. The second-order valence-corrected chi connectivity index (χ2v) is 3.42. The Labute approximate surface area is 73.5 Å². The van der Waals surface area contributed by atoms with Crippen molar-refractivity contribution < 1.29 is 0 Å². The molecule has 0 N–H and O–H groups in total. The highest BCUT2D eigenvalue weighted by molar-refractivity contribution is 8.23. The summed E-state index contributed by atoms with van der Waals surface area (Å²) in [6.45, 7) is 6.45. The minimum atomic E-state index is 1.33. The van der Waals surface area contributed by atoms with Crippen molar-refractivity contribution in [3.8, 4) is 0 Å². The predicted octanol–water partition coefficient (Wildman–Crippen LogP) is 1.91. The smallest absolute Gasteiger partial charge is 0.215 e. The highest BCUT2D eigenvalue weighted by atomic mass is 32.2. The summed E-state index contributed by atoms with van der Waals surface area (Å²) < 4.78 is 0. The molecule has 0 aliphatic heterocycles. The second-order valence-electron chi connectivity index (χ2n) is 2.71. The zero-order valence-corrected chi connectivity index (χ0v) is 8.03. The van der Waals surface area contributed by atoms with Crippen LogP contribution in [0.1, 0.15) is 11.1 Å². The van der Waals surface area contributed by atoms with E-state index in [0.717, 1.165) is 0 Å². The molecule has 0 fully saturated rings. The van der Waals surface area contributed by atoms with Crippen molar-refractivity contribution in [3.63, 3.8) is 0 Å². The highest BCUT2D eigenvalue weighted by Crippen LogP contribution is 2.00. The average molecular weight is 163 g/mol. The first-order chi connectivity index (χ1) is 5.24. The molecule has 57 valence electrons. The van der Waals surface area contributed by atoms with Gasteiger partial charge in [0.2, 0.25) is 6.56 Å². The van der Waals surface area contributed by atoms with Gasteiger partial charge < -0.3 is 0 Å². The van der Waals surface area contributed by atoms with Gasteiger partial charge in [0.1, 0.15) is 0 Å². The normalized spacial score (nSPS) is 9.73. The maximum absolute atomic E-state index is 2.21. The third-order valence-corrected chi connectivity index (χ3v) is 2.17. The number of aryl methyl sites for hydroxylation is 2. The number of rotatable bonds is 2. The van der Waals surface area contributed by atoms with Crippen molar-refractivity contribution in [1.29, 1.82) is 0 Å². The van der Waals surface area contributed by atoms with Gasteiger partial charge in [-0.1, -0.05) is 34.8 Å². The van der Waals surface area contributed by atoms with Crippen molar-refractivity contribution in [2.75, 3.05) is 6.26 Å². The number of benzene rings is 1. The molecule has 0 aliphatic carbocycles. The lowest BCUT2D eigenvalue weighted by molar-refractivity contribution is 1.43. The van der Waals surface area contributed by atoms with Gasteiger partial charge in [0.05, 0.1) is 0 Å². The van der Waals surface area contributed by atoms with Crippen LogP contribution in [0.15, 0.2) is 18.2 Å². The van der Waals surface area contributed by atoms with Crippen molar-refractivity contribution in [1.82, 2.24) is 0 Å². The van der Waals surface area contributed by atoms with Gasteiger partial charge in [-0.25, -0.2) is 11.6 Å². The largest absolute Gasteiger partial charge is 0.229 e. The van der Waals surface area contributed by atoms with Crippen LogP contribution in [0.5, 0.6) is 0 Å². The fourth-order valence-electron chi connectivity index (χ4n) is 1.01. The van der Waals surface area contributed by atoms with E-state index in [-0.39, 0.29) is 0 Å². The molecule has 2 heteroatoms. The third-order valence-electron chi connectivity index (χ3n) is 1.68. The van der Waals surface area contributed by atoms with Gasteiger partial charge in [-0.05, 0) is 20.1 Å². The van der Waals surface area contributed by atoms with E-state index < -0.39 is 0 Å². The van der Waals surface area contributed by atoms with Gasteiger partial charge in [-0.2, -0.15) is 0 Å². The molecule has 0 aliphatic rings. The topological polar surface area (TPSA) is 0 Å². The fourth-order valence-corrected chi connectivity index (χ4v) is 1.52. The molecular weight excluding hydrogens is 151 g/mol. The molecule has 1 radical (unpaired) electrons. The Balaban J connectivity index is 2.93. The quantitative estimate of drug-likeness (QED) is 0.600. The van der Waals surface area contributed by atoms with Gasteiger partial charge in [-0.3, -0.25) is 0 Å². The SMILES string of the molecule is CS[B]c1cc(C)ccc1C. The third kappa shape index (κ3) is 2.30. The molecule has 1 rings (SSSR count). The van der Waals surface area contributed by atoms with Crippen LogP contribution < -0.4 is 5.46 Å². The summed E-state index contributed by atoms with van der Waals surface area (Å²) in [6, 6.07) is 6.52. The van der Waals surface area contributed by atoms with Crippen molar-refractivity contribution in [3.05, 3.63) is 29.3 Å². The molecule has 0 aromatic heterocycles. The summed E-state index contributed by atoms with van der Waals surface area (Å²) in [5.74, 6) is 0. The molecule has 0 unspecified atom stereocenters. The molecule has 0 heterocycles. The van der Waals surface area contributed by atoms with Crippen LogP contribution in [0.25, 0.3) is 0 Å². The predicted molar refractivity (Wildman–Crippen MR) is 54.8 cm³/mol. The molecular formula is C9H12BS. The number of hydrogen-bond donors (Lipinski definition) is 0. The molecule has 1 aromatic carbocycles. The first-order valence-electron chi connectivity index (χ1n) is 3.67. The van der Waals surface area contributed by atoms with E-state index in [4.69, 9.17) is 0 Å². The van der Waals surface area contributed by atoms with Crippen molar-refractivity contribution in [2.45, 2.75) is 13.8 Å². The van der Waals surface area contributed by atoms with Gasteiger partial charge in [0, 0.05) is 0 Å². The van der Waals surface area contributed by atoms with Crippen LogP contribution >= 0.6 is 11.6 Å². The summed E-state index contributed by atoms with van der Waals surface area (Å²) in [5, 5.41) is 0. The molecule has 0 spiro atoms. The highest BCUT2D eigenvalue weighted by Gasteiger charge is 1.97. The molecule has 11 heavy (non-hydrogen) atoms. The van der Waals surface area contributed by atoms with Crippen molar-refractivity contribution >= 4 is 23.6 Å². The summed E-state index contributed by atoms with van der Waals surface area (Å²) in [5.41, 5.74) is 4.03. The monoisotopic (exact) mass is 163 g/mol. The van der Waals surface area contributed by atoms with Crippen molar-refractivity contribution in [2.24, 2.45) is 0 Å². The molecule has 0 saturated carbocycles. The van der Waals surface area contributed by atoms with E-state index in [9.17, 15) is 0 Å². The van der Waals surface area contributed by atoms with Gasteiger partial charge in [-0.15, -0.1) is 0 Å². The van der Waals surface area contributed by atoms with Crippen LogP contribution in [0, 0.1) is 13.8 Å². The summed E-state index contributed by atoms with van der Waals surface area (Å²) in [4.78, 5) is 0. The first kappa shape index (κ1) is 8.73. The summed E-state index contributed by atoms with van der Waals surface area (Å²) >= 11 is 1.75. The lowest BCUT2D eigenvalue weighted by Gasteiger charge is -2.03. The Morgan fingerprint density at radius 1 is 1.27 bits per heavy atom. The van der Waals surface area contributed by atoms with Crippen LogP contribution in [0.4, 0.5) is 0 Å². The van der Waals surface area contributed by atoms with E-state index in [1.807, 2.05) is 0 Å².